The second-order valence-electron chi connectivity index (χ2n) is 5.94. The number of hydrogen-bond donors (Lipinski definition) is 2. The highest BCUT2D eigenvalue weighted by atomic mass is 16.4. The van der Waals surface area contributed by atoms with Gasteiger partial charge in [0.2, 0.25) is 0 Å². The van der Waals surface area contributed by atoms with Crippen LogP contribution < -0.4 is 10.6 Å². The number of likely N-dealkylation sites (N-methyl/N-ethyl adjacent to an activating group) is 1. The Morgan fingerprint density at radius 2 is 2.05 bits per heavy atom. The summed E-state index contributed by atoms with van der Waals surface area (Å²) in [6, 6.07) is 4.16. The zero-order valence-electron chi connectivity index (χ0n) is 12.6. The minimum Gasteiger partial charge on any atom is -0.478 e. The number of anilines is 2. The Labute approximate surface area is 120 Å². The summed E-state index contributed by atoms with van der Waals surface area (Å²) in [6.45, 7) is 5.93. The number of aromatic carboxylic acids is 1. The zero-order chi connectivity index (χ0) is 15.0. The van der Waals surface area contributed by atoms with E-state index in [9.17, 15) is 9.90 Å². The first kappa shape index (κ1) is 14.7. The van der Waals surface area contributed by atoms with Crippen molar-refractivity contribution >= 4 is 17.3 Å². The van der Waals surface area contributed by atoms with E-state index in [1.54, 1.807) is 6.07 Å². The summed E-state index contributed by atoms with van der Waals surface area (Å²) < 4.78 is 0. The van der Waals surface area contributed by atoms with E-state index in [4.69, 9.17) is 5.73 Å². The highest BCUT2D eigenvalue weighted by Crippen LogP contribution is 2.30. The van der Waals surface area contributed by atoms with Gasteiger partial charge in [-0.05, 0) is 44.6 Å². The molecule has 5 heteroatoms. The van der Waals surface area contributed by atoms with Crippen LogP contribution in [-0.4, -0.2) is 49.2 Å². The van der Waals surface area contributed by atoms with Crippen LogP contribution in [0.4, 0.5) is 11.4 Å². The average molecular weight is 277 g/mol. The number of hydrogen-bond acceptors (Lipinski definition) is 4. The van der Waals surface area contributed by atoms with E-state index in [0.29, 0.717) is 17.6 Å². The number of nitrogens with two attached hydrogens (primary N) is 1. The van der Waals surface area contributed by atoms with Gasteiger partial charge in [-0.3, -0.25) is 0 Å². The fraction of sp³-hybridized carbons (Fsp3) is 0.533. The molecule has 2 atom stereocenters. The molecular formula is C15H23N3O2. The molecule has 0 aromatic heterocycles. The van der Waals surface area contributed by atoms with Gasteiger partial charge in [0.15, 0.2) is 0 Å². The van der Waals surface area contributed by atoms with Crippen LogP contribution in [0.2, 0.25) is 0 Å². The number of nitrogens with zero attached hydrogens (tertiary/aromatic N) is 2. The maximum Gasteiger partial charge on any atom is 0.337 e. The number of aryl methyl sites for hydroxylation is 1. The Bertz CT molecular complexity index is 528. The molecule has 0 radical (unpaired) electrons. The molecule has 5 nitrogen and oxygen atoms in total. The third kappa shape index (κ3) is 2.58. The molecule has 0 saturated carbocycles. The minimum atomic E-state index is -0.969. The molecule has 2 rings (SSSR count). The third-order valence-electron chi connectivity index (χ3n) is 4.20. The van der Waals surface area contributed by atoms with Crippen molar-refractivity contribution in [3.05, 3.63) is 23.3 Å². The van der Waals surface area contributed by atoms with Gasteiger partial charge in [-0.15, -0.1) is 0 Å². The summed E-state index contributed by atoms with van der Waals surface area (Å²) in [7, 11) is 4.17. The lowest BCUT2D eigenvalue weighted by molar-refractivity contribution is 0.0698. The van der Waals surface area contributed by atoms with E-state index in [1.807, 2.05) is 13.0 Å². The lowest BCUT2D eigenvalue weighted by atomic mass is 10.1. The first-order valence-corrected chi connectivity index (χ1v) is 6.86. The summed E-state index contributed by atoms with van der Waals surface area (Å²) in [5, 5.41) is 9.24. The second-order valence-corrected chi connectivity index (χ2v) is 5.94. The van der Waals surface area contributed by atoms with E-state index in [-0.39, 0.29) is 5.56 Å². The molecule has 1 aromatic carbocycles. The van der Waals surface area contributed by atoms with Crippen LogP contribution in [0.1, 0.15) is 22.8 Å². The van der Waals surface area contributed by atoms with Crippen molar-refractivity contribution in [1.29, 1.82) is 0 Å². The summed E-state index contributed by atoms with van der Waals surface area (Å²) in [4.78, 5) is 15.7. The van der Waals surface area contributed by atoms with Crippen LogP contribution in [0.5, 0.6) is 0 Å². The molecule has 2 unspecified atom stereocenters. The molecule has 1 aliphatic rings. The fourth-order valence-corrected chi connectivity index (χ4v) is 2.97. The molecule has 1 heterocycles. The van der Waals surface area contributed by atoms with Crippen molar-refractivity contribution in [2.24, 2.45) is 5.92 Å². The van der Waals surface area contributed by atoms with Crippen molar-refractivity contribution < 1.29 is 9.90 Å². The normalized spacial score (nSPS) is 22.6. The van der Waals surface area contributed by atoms with Gasteiger partial charge in [-0.1, -0.05) is 6.92 Å². The molecular weight excluding hydrogens is 254 g/mol. The van der Waals surface area contributed by atoms with E-state index in [1.165, 1.54) is 0 Å². The third-order valence-corrected chi connectivity index (χ3v) is 4.20. The lowest BCUT2D eigenvalue weighted by Gasteiger charge is -2.23. The van der Waals surface area contributed by atoms with Gasteiger partial charge in [0.05, 0.1) is 5.56 Å². The standard InChI is InChI=1S/C15H23N3O2/c1-9-5-11(6-12(14(9)16)15(19)20)18-7-10(2)13(8-18)17(3)4/h5-6,10,13H,7-8,16H2,1-4H3,(H,19,20). The fourth-order valence-electron chi connectivity index (χ4n) is 2.97. The van der Waals surface area contributed by atoms with E-state index >= 15 is 0 Å². The number of carboxylic acids is 1. The van der Waals surface area contributed by atoms with Crippen molar-refractivity contribution in [1.82, 2.24) is 4.90 Å². The molecule has 3 N–H and O–H groups in total. The molecule has 110 valence electrons. The Kier molecular flexibility index (Phi) is 3.90. The summed E-state index contributed by atoms with van der Waals surface area (Å²) in [6.07, 6.45) is 0. The first-order chi connectivity index (χ1) is 9.31. The Balaban J connectivity index is 2.33. The number of rotatable bonds is 3. The maximum atomic E-state index is 11.3. The summed E-state index contributed by atoms with van der Waals surface area (Å²) >= 11 is 0. The van der Waals surface area contributed by atoms with Crippen molar-refractivity contribution in [3.63, 3.8) is 0 Å². The Hall–Kier alpha value is -1.75. The van der Waals surface area contributed by atoms with Gasteiger partial charge >= 0.3 is 5.97 Å². The molecule has 1 saturated heterocycles. The molecule has 0 spiro atoms. The van der Waals surface area contributed by atoms with Crippen molar-refractivity contribution in [3.8, 4) is 0 Å². The predicted molar refractivity (Wildman–Crippen MR) is 81.4 cm³/mol. The minimum absolute atomic E-state index is 0.195. The van der Waals surface area contributed by atoms with Gasteiger partial charge in [0.1, 0.15) is 0 Å². The van der Waals surface area contributed by atoms with Crippen molar-refractivity contribution in [2.75, 3.05) is 37.8 Å². The van der Waals surface area contributed by atoms with E-state index in [2.05, 4.69) is 30.8 Å². The topological polar surface area (TPSA) is 69.8 Å². The molecule has 1 aromatic rings. The second kappa shape index (κ2) is 5.32. The van der Waals surface area contributed by atoms with Gasteiger partial charge in [0.25, 0.3) is 0 Å². The average Bonchev–Trinajstić information content (AvgIpc) is 2.74. The monoisotopic (exact) mass is 277 g/mol. The van der Waals surface area contributed by atoms with Gasteiger partial charge in [-0.2, -0.15) is 0 Å². The molecule has 0 aliphatic carbocycles. The van der Waals surface area contributed by atoms with Gasteiger partial charge < -0.3 is 20.6 Å². The predicted octanol–water partition coefficient (Wildman–Crippen LogP) is 1.66. The van der Waals surface area contributed by atoms with Crippen LogP contribution in [-0.2, 0) is 0 Å². The first-order valence-electron chi connectivity index (χ1n) is 6.86. The molecule has 1 aliphatic heterocycles. The molecule has 0 amide bonds. The Morgan fingerprint density at radius 3 is 2.55 bits per heavy atom. The zero-order valence-corrected chi connectivity index (χ0v) is 12.6. The number of benzene rings is 1. The van der Waals surface area contributed by atoms with Crippen LogP contribution in [0, 0.1) is 12.8 Å². The highest BCUT2D eigenvalue weighted by molar-refractivity contribution is 5.95. The van der Waals surface area contributed by atoms with Crippen LogP contribution in [0.15, 0.2) is 12.1 Å². The lowest BCUT2D eigenvalue weighted by Crippen LogP contribution is -2.34. The van der Waals surface area contributed by atoms with Gasteiger partial charge in [-0.25, -0.2) is 4.79 Å². The number of carbonyl (C=O) groups is 1. The molecule has 20 heavy (non-hydrogen) atoms. The number of carboxylic acid groups (broad SMARTS) is 1. The highest BCUT2D eigenvalue weighted by Gasteiger charge is 2.31. The maximum absolute atomic E-state index is 11.3. The van der Waals surface area contributed by atoms with E-state index in [0.717, 1.165) is 24.3 Å². The van der Waals surface area contributed by atoms with Crippen LogP contribution in [0.3, 0.4) is 0 Å². The van der Waals surface area contributed by atoms with Crippen LogP contribution in [0.25, 0.3) is 0 Å². The summed E-state index contributed by atoms with van der Waals surface area (Å²) in [5.41, 5.74) is 8.17. The quantitative estimate of drug-likeness (QED) is 0.822. The van der Waals surface area contributed by atoms with Crippen LogP contribution >= 0.6 is 0 Å². The SMILES string of the molecule is Cc1cc(N2CC(C)C(N(C)C)C2)cc(C(=O)O)c1N. The molecule has 0 bridgehead atoms. The van der Waals surface area contributed by atoms with Gasteiger partial charge in [0, 0.05) is 30.5 Å². The van der Waals surface area contributed by atoms with Crippen molar-refractivity contribution in [2.45, 2.75) is 19.9 Å². The largest absolute Gasteiger partial charge is 0.478 e. The Morgan fingerprint density at radius 1 is 1.40 bits per heavy atom. The smallest absolute Gasteiger partial charge is 0.337 e. The number of nitrogen functional groups attached to an aromatic ring is 1. The summed E-state index contributed by atoms with van der Waals surface area (Å²) in [5.74, 6) is -0.417. The molecule has 1 fully saturated rings. The van der Waals surface area contributed by atoms with E-state index < -0.39 is 5.97 Å².